The molecule has 3 aromatic rings. The Morgan fingerprint density at radius 3 is 2.52 bits per heavy atom. The Bertz CT molecular complexity index is 1200. The fraction of sp³-hybridized carbons (Fsp3) is 0.217. The Kier molecular flexibility index (Phi) is 4.86. The third-order valence-electron chi connectivity index (χ3n) is 5.50. The first-order valence-electron chi connectivity index (χ1n) is 10.0. The molecule has 1 aromatic heterocycles. The molecule has 2 aromatic carbocycles. The molecule has 0 radical (unpaired) electrons. The Balaban J connectivity index is 1.34. The van der Waals surface area contributed by atoms with E-state index in [9.17, 15) is 14.4 Å². The van der Waals surface area contributed by atoms with E-state index >= 15 is 0 Å². The predicted octanol–water partition coefficient (Wildman–Crippen LogP) is 3.55. The van der Waals surface area contributed by atoms with Crippen molar-refractivity contribution in [1.82, 2.24) is 14.7 Å². The van der Waals surface area contributed by atoms with Gasteiger partial charge in [0.2, 0.25) is 5.91 Å². The van der Waals surface area contributed by atoms with Crippen molar-refractivity contribution >= 4 is 35.3 Å². The van der Waals surface area contributed by atoms with E-state index in [-0.39, 0.29) is 30.7 Å². The number of amides is 3. The van der Waals surface area contributed by atoms with Crippen molar-refractivity contribution in [2.45, 2.75) is 24.9 Å². The largest absolute Gasteiger partial charge is 0.310 e. The van der Waals surface area contributed by atoms with Gasteiger partial charge in [0.25, 0.3) is 11.8 Å². The lowest BCUT2D eigenvalue weighted by atomic mass is 10.1. The number of aryl methyl sites for hydroxylation is 1. The van der Waals surface area contributed by atoms with E-state index < -0.39 is 0 Å². The van der Waals surface area contributed by atoms with Gasteiger partial charge in [-0.3, -0.25) is 19.3 Å². The molecule has 1 N–H and O–H groups in total. The fourth-order valence-electron chi connectivity index (χ4n) is 3.94. The van der Waals surface area contributed by atoms with Gasteiger partial charge in [0, 0.05) is 30.0 Å². The maximum absolute atomic E-state index is 12.8. The Morgan fingerprint density at radius 2 is 1.81 bits per heavy atom. The Hall–Kier alpha value is -3.39. The molecule has 0 saturated heterocycles. The summed E-state index contributed by atoms with van der Waals surface area (Å²) in [6.45, 7) is 2.05. The first-order chi connectivity index (χ1) is 15.0. The summed E-state index contributed by atoms with van der Waals surface area (Å²) in [5.41, 5.74) is 4.77. The number of hydrogen-bond donors (Lipinski definition) is 1. The molecule has 5 rings (SSSR count). The van der Waals surface area contributed by atoms with E-state index in [1.54, 1.807) is 40.7 Å². The number of fused-ring (bicyclic) bond motifs is 2. The zero-order chi connectivity index (χ0) is 21.5. The van der Waals surface area contributed by atoms with E-state index in [0.717, 1.165) is 38.9 Å². The van der Waals surface area contributed by atoms with Gasteiger partial charge in [0.05, 0.1) is 22.5 Å². The SMILES string of the molecule is Cc1cccc(-n2nc3c(c2NC(=O)CCN2C(=O)c4ccccc4C2=O)CSC3)c1. The van der Waals surface area contributed by atoms with E-state index in [0.29, 0.717) is 16.9 Å². The number of carbonyl (C=O) groups excluding carboxylic acids is 3. The standard InChI is InChI=1S/C23H20N4O3S/c1-14-5-4-6-15(11-14)27-21(18-12-31-13-19(18)25-27)24-20(28)9-10-26-22(29)16-7-2-3-8-17(16)23(26)30/h2-8,11H,9-10,12-13H2,1H3,(H,24,28). The third kappa shape index (κ3) is 3.42. The van der Waals surface area contributed by atoms with Crippen LogP contribution in [0.5, 0.6) is 0 Å². The van der Waals surface area contributed by atoms with Gasteiger partial charge in [0.15, 0.2) is 0 Å². The molecule has 0 atom stereocenters. The second-order valence-corrected chi connectivity index (χ2v) is 8.61. The third-order valence-corrected chi connectivity index (χ3v) is 6.47. The van der Waals surface area contributed by atoms with Crippen LogP contribution in [0.3, 0.4) is 0 Å². The molecular formula is C23H20N4O3S. The van der Waals surface area contributed by atoms with Crippen LogP contribution in [0.2, 0.25) is 0 Å². The van der Waals surface area contributed by atoms with Gasteiger partial charge in [-0.2, -0.15) is 16.9 Å². The van der Waals surface area contributed by atoms with Crippen molar-refractivity contribution in [2.75, 3.05) is 11.9 Å². The number of nitrogens with zero attached hydrogens (tertiary/aromatic N) is 3. The summed E-state index contributed by atoms with van der Waals surface area (Å²) < 4.78 is 1.78. The van der Waals surface area contributed by atoms with Crippen LogP contribution >= 0.6 is 11.8 Å². The normalized spacial score (nSPS) is 14.7. The van der Waals surface area contributed by atoms with Crippen molar-refractivity contribution in [2.24, 2.45) is 0 Å². The topological polar surface area (TPSA) is 84.3 Å². The number of imide groups is 1. The summed E-state index contributed by atoms with van der Waals surface area (Å²) in [6.07, 6.45) is 0.0202. The highest BCUT2D eigenvalue weighted by Crippen LogP contribution is 2.36. The maximum atomic E-state index is 12.8. The highest BCUT2D eigenvalue weighted by Gasteiger charge is 2.35. The average molecular weight is 433 g/mol. The van der Waals surface area contributed by atoms with Crippen LogP contribution in [-0.4, -0.2) is 38.9 Å². The van der Waals surface area contributed by atoms with Gasteiger partial charge in [-0.25, -0.2) is 4.68 Å². The van der Waals surface area contributed by atoms with Gasteiger partial charge < -0.3 is 5.32 Å². The summed E-state index contributed by atoms with van der Waals surface area (Å²) in [6, 6.07) is 14.7. The second kappa shape index (κ2) is 7.70. The Morgan fingerprint density at radius 1 is 1.06 bits per heavy atom. The highest BCUT2D eigenvalue weighted by molar-refractivity contribution is 7.98. The summed E-state index contributed by atoms with van der Waals surface area (Å²) in [5.74, 6) is 1.30. The first-order valence-corrected chi connectivity index (χ1v) is 11.2. The van der Waals surface area contributed by atoms with Gasteiger partial charge in [-0.15, -0.1) is 0 Å². The molecule has 3 amide bonds. The number of benzene rings is 2. The van der Waals surface area contributed by atoms with Crippen LogP contribution in [0, 0.1) is 6.92 Å². The van der Waals surface area contributed by atoms with Crippen LogP contribution in [0.4, 0.5) is 5.82 Å². The molecule has 31 heavy (non-hydrogen) atoms. The van der Waals surface area contributed by atoms with Gasteiger partial charge in [-0.1, -0.05) is 24.3 Å². The monoisotopic (exact) mass is 432 g/mol. The average Bonchev–Trinajstić information content (AvgIpc) is 3.42. The number of hydrogen-bond acceptors (Lipinski definition) is 5. The summed E-state index contributed by atoms with van der Waals surface area (Å²) >= 11 is 1.76. The van der Waals surface area contributed by atoms with Crippen molar-refractivity contribution in [3.8, 4) is 5.69 Å². The molecule has 0 bridgehead atoms. The molecule has 2 aliphatic rings. The van der Waals surface area contributed by atoms with Crippen LogP contribution in [0.1, 0.15) is 44.0 Å². The number of carbonyl (C=O) groups is 3. The van der Waals surface area contributed by atoms with Crippen LogP contribution in [0.15, 0.2) is 48.5 Å². The molecule has 0 unspecified atom stereocenters. The Labute approximate surface area is 183 Å². The van der Waals surface area contributed by atoms with Crippen molar-refractivity contribution in [1.29, 1.82) is 0 Å². The lowest BCUT2D eigenvalue weighted by molar-refractivity contribution is -0.116. The van der Waals surface area contributed by atoms with Gasteiger partial charge >= 0.3 is 0 Å². The molecule has 7 nitrogen and oxygen atoms in total. The smallest absolute Gasteiger partial charge is 0.261 e. The summed E-state index contributed by atoms with van der Waals surface area (Å²) in [4.78, 5) is 39.0. The molecule has 0 spiro atoms. The minimum atomic E-state index is -0.351. The van der Waals surface area contributed by atoms with Gasteiger partial charge in [-0.05, 0) is 36.8 Å². The summed E-state index contributed by atoms with van der Waals surface area (Å²) in [5, 5.41) is 7.69. The number of anilines is 1. The minimum Gasteiger partial charge on any atom is -0.310 e. The van der Waals surface area contributed by atoms with Crippen molar-refractivity contribution < 1.29 is 14.4 Å². The van der Waals surface area contributed by atoms with Crippen molar-refractivity contribution in [3.63, 3.8) is 0 Å². The zero-order valence-corrected chi connectivity index (χ0v) is 17.7. The molecular weight excluding hydrogens is 412 g/mol. The quantitative estimate of drug-likeness (QED) is 0.624. The van der Waals surface area contributed by atoms with Crippen LogP contribution in [-0.2, 0) is 16.3 Å². The minimum absolute atomic E-state index is 0.0202. The molecule has 156 valence electrons. The molecule has 3 heterocycles. The first kappa shape index (κ1) is 19.6. The predicted molar refractivity (Wildman–Crippen MR) is 118 cm³/mol. The highest BCUT2D eigenvalue weighted by atomic mass is 32.2. The molecule has 8 heteroatoms. The lowest BCUT2D eigenvalue weighted by Crippen LogP contribution is -2.33. The zero-order valence-electron chi connectivity index (χ0n) is 16.9. The van der Waals surface area contributed by atoms with Gasteiger partial charge in [0.1, 0.15) is 5.82 Å². The van der Waals surface area contributed by atoms with E-state index in [2.05, 4.69) is 5.32 Å². The van der Waals surface area contributed by atoms with Crippen molar-refractivity contribution in [3.05, 3.63) is 76.5 Å². The van der Waals surface area contributed by atoms with E-state index in [1.165, 1.54) is 0 Å². The van der Waals surface area contributed by atoms with E-state index in [1.807, 2.05) is 31.2 Å². The van der Waals surface area contributed by atoms with Crippen LogP contribution in [0.25, 0.3) is 5.69 Å². The molecule has 2 aliphatic heterocycles. The number of aromatic nitrogens is 2. The molecule has 0 fully saturated rings. The maximum Gasteiger partial charge on any atom is 0.261 e. The molecule has 0 aliphatic carbocycles. The number of nitrogens with one attached hydrogen (secondary N) is 1. The van der Waals surface area contributed by atoms with E-state index in [4.69, 9.17) is 5.10 Å². The van der Waals surface area contributed by atoms with Crippen LogP contribution < -0.4 is 5.32 Å². The second-order valence-electron chi connectivity index (χ2n) is 7.62. The number of thioether (sulfide) groups is 1. The lowest BCUT2D eigenvalue weighted by Gasteiger charge is -2.15. The fourth-order valence-corrected chi connectivity index (χ4v) is 4.97. The summed E-state index contributed by atoms with van der Waals surface area (Å²) in [7, 11) is 0. The molecule has 0 saturated carbocycles. The number of rotatable bonds is 5.